The second kappa shape index (κ2) is 8.10. The number of hydrogen-bond acceptors (Lipinski definition) is 5. The molecule has 0 saturated carbocycles. The van der Waals surface area contributed by atoms with Crippen LogP contribution in [0.2, 0.25) is 0 Å². The minimum Gasteiger partial charge on any atom is -0.489 e. The number of aryl methyl sites for hydroxylation is 2. The van der Waals surface area contributed by atoms with E-state index < -0.39 is 0 Å². The number of fused-ring (bicyclic) bond motifs is 1. The molecule has 7 heteroatoms. The van der Waals surface area contributed by atoms with Crippen LogP contribution in [0.4, 0.5) is 0 Å². The molecular weight excluding hydrogens is 366 g/mol. The summed E-state index contributed by atoms with van der Waals surface area (Å²) in [4.78, 5) is 16.8. The van der Waals surface area contributed by atoms with Gasteiger partial charge in [-0.2, -0.15) is 0 Å². The largest absolute Gasteiger partial charge is 0.489 e. The predicted octanol–water partition coefficient (Wildman–Crippen LogP) is 3.25. The zero-order valence-corrected chi connectivity index (χ0v) is 16.3. The maximum absolute atomic E-state index is 12.5. The van der Waals surface area contributed by atoms with Crippen molar-refractivity contribution in [1.82, 2.24) is 24.9 Å². The van der Waals surface area contributed by atoms with Crippen LogP contribution in [0, 0.1) is 13.8 Å². The number of carbonyl (C=O) groups excluding carboxylic acids is 1. The molecule has 29 heavy (non-hydrogen) atoms. The Morgan fingerprint density at radius 3 is 2.55 bits per heavy atom. The number of aromatic nitrogens is 4. The van der Waals surface area contributed by atoms with Crippen LogP contribution >= 0.6 is 0 Å². The van der Waals surface area contributed by atoms with Crippen LogP contribution in [0.5, 0.6) is 5.75 Å². The highest BCUT2D eigenvalue weighted by molar-refractivity contribution is 5.94. The Balaban J connectivity index is 1.38. The van der Waals surface area contributed by atoms with Crippen molar-refractivity contribution in [2.24, 2.45) is 0 Å². The molecule has 0 saturated heterocycles. The van der Waals surface area contributed by atoms with E-state index in [2.05, 4.69) is 20.5 Å². The number of hydrogen-bond donors (Lipinski definition) is 1. The normalized spacial score (nSPS) is 10.8. The highest BCUT2D eigenvalue weighted by Gasteiger charge is 2.12. The third-order valence-corrected chi connectivity index (χ3v) is 4.53. The average Bonchev–Trinajstić information content (AvgIpc) is 3.14. The SMILES string of the molecule is Cc1cc(C)n2c(CNC(=O)c3ccc(OCc4ccccc4)cc3)nnc2n1. The van der Waals surface area contributed by atoms with E-state index in [1.807, 2.05) is 54.6 Å². The fourth-order valence-corrected chi connectivity index (χ4v) is 3.12. The molecular formula is C22H21N5O2. The van der Waals surface area contributed by atoms with E-state index in [1.54, 1.807) is 24.3 Å². The lowest BCUT2D eigenvalue weighted by atomic mass is 10.2. The van der Waals surface area contributed by atoms with E-state index in [-0.39, 0.29) is 12.5 Å². The monoisotopic (exact) mass is 387 g/mol. The van der Waals surface area contributed by atoms with Crippen molar-refractivity contribution < 1.29 is 9.53 Å². The van der Waals surface area contributed by atoms with Gasteiger partial charge in [0.2, 0.25) is 0 Å². The minimum absolute atomic E-state index is 0.186. The molecule has 0 unspecified atom stereocenters. The maximum Gasteiger partial charge on any atom is 0.255 e. The zero-order valence-electron chi connectivity index (χ0n) is 16.3. The van der Waals surface area contributed by atoms with Crippen LogP contribution in [0.3, 0.4) is 0 Å². The van der Waals surface area contributed by atoms with Crippen LogP contribution < -0.4 is 10.1 Å². The first kappa shape index (κ1) is 18.6. The first-order chi connectivity index (χ1) is 14.1. The summed E-state index contributed by atoms with van der Waals surface area (Å²) in [7, 11) is 0. The highest BCUT2D eigenvalue weighted by atomic mass is 16.5. The van der Waals surface area contributed by atoms with E-state index in [1.165, 1.54) is 0 Å². The van der Waals surface area contributed by atoms with Crippen LogP contribution in [0.1, 0.15) is 33.1 Å². The number of benzene rings is 2. The summed E-state index contributed by atoms with van der Waals surface area (Å²) in [6, 6.07) is 19.0. The third kappa shape index (κ3) is 4.24. The van der Waals surface area contributed by atoms with Crippen molar-refractivity contribution in [3.63, 3.8) is 0 Å². The molecule has 7 nitrogen and oxygen atoms in total. The lowest BCUT2D eigenvalue weighted by molar-refractivity contribution is 0.0949. The van der Waals surface area contributed by atoms with Gasteiger partial charge in [0.1, 0.15) is 12.4 Å². The van der Waals surface area contributed by atoms with Crippen LogP contribution in [-0.4, -0.2) is 25.5 Å². The molecule has 0 fully saturated rings. The number of ether oxygens (including phenoxy) is 1. The first-order valence-electron chi connectivity index (χ1n) is 9.33. The Morgan fingerprint density at radius 2 is 1.79 bits per heavy atom. The molecule has 1 N–H and O–H groups in total. The quantitative estimate of drug-likeness (QED) is 0.549. The molecule has 0 bridgehead atoms. The van der Waals surface area contributed by atoms with Gasteiger partial charge in [0.15, 0.2) is 5.82 Å². The van der Waals surface area contributed by atoms with Gasteiger partial charge in [0, 0.05) is 17.0 Å². The number of nitrogens with one attached hydrogen (secondary N) is 1. The summed E-state index contributed by atoms with van der Waals surface area (Å²) in [6.45, 7) is 4.62. The van der Waals surface area contributed by atoms with Crippen molar-refractivity contribution in [2.75, 3.05) is 0 Å². The van der Waals surface area contributed by atoms with E-state index in [4.69, 9.17) is 4.74 Å². The van der Waals surface area contributed by atoms with Gasteiger partial charge in [-0.05, 0) is 49.7 Å². The fraction of sp³-hybridized carbons (Fsp3) is 0.182. The van der Waals surface area contributed by atoms with Gasteiger partial charge in [0.25, 0.3) is 11.7 Å². The molecule has 0 aliphatic rings. The van der Waals surface area contributed by atoms with E-state index >= 15 is 0 Å². The summed E-state index contributed by atoms with van der Waals surface area (Å²) < 4.78 is 7.60. The standard InChI is InChI=1S/C22H21N5O2/c1-15-12-16(2)27-20(25-26-22(27)24-15)13-23-21(28)18-8-10-19(11-9-18)29-14-17-6-4-3-5-7-17/h3-12H,13-14H2,1-2H3,(H,23,28). The van der Waals surface area contributed by atoms with E-state index in [9.17, 15) is 4.79 Å². The van der Waals surface area contributed by atoms with Crippen LogP contribution in [-0.2, 0) is 13.2 Å². The molecule has 0 spiro atoms. The summed E-state index contributed by atoms with van der Waals surface area (Å²) in [5.41, 5.74) is 3.50. The predicted molar refractivity (Wildman–Crippen MR) is 109 cm³/mol. The van der Waals surface area contributed by atoms with Crippen molar-refractivity contribution in [3.8, 4) is 5.75 Å². The Labute approximate surface area is 168 Å². The summed E-state index contributed by atoms with van der Waals surface area (Å²) >= 11 is 0. The van der Waals surface area contributed by atoms with Gasteiger partial charge in [-0.1, -0.05) is 30.3 Å². The highest BCUT2D eigenvalue weighted by Crippen LogP contribution is 2.15. The van der Waals surface area contributed by atoms with Gasteiger partial charge in [0.05, 0.1) is 6.54 Å². The minimum atomic E-state index is -0.186. The summed E-state index contributed by atoms with van der Waals surface area (Å²) in [6.07, 6.45) is 0. The summed E-state index contributed by atoms with van der Waals surface area (Å²) in [5.74, 6) is 1.70. The molecule has 146 valence electrons. The van der Waals surface area contributed by atoms with Gasteiger partial charge in [-0.25, -0.2) is 4.98 Å². The van der Waals surface area contributed by atoms with Crippen LogP contribution in [0.15, 0.2) is 60.7 Å². The van der Waals surface area contributed by atoms with Crippen molar-refractivity contribution in [3.05, 3.63) is 89.0 Å². The molecule has 2 heterocycles. The van der Waals surface area contributed by atoms with Crippen molar-refractivity contribution >= 4 is 11.7 Å². The Kier molecular flexibility index (Phi) is 5.20. The van der Waals surface area contributed by atoms with Crippen LogP contribution in [0.25, 0.3) is 5.78 Å². The molecule has 0 aliphatic carbocycles. The molecule has 0 radical (unpaired) electrons. The van der Waals surface area contributed by atoms with Crippen molar-refractivity contribution in [2.45, 2.75) is 27.0 Å². The topological polar surface area (TPSA) is 81.4 Å². The lowest BCUT2D eigenvalue weighted by Gasteiger charge is -2.08. The Morgan fingerprint density at radius 1 is 1.03 bits per heavy atom. The second-order valence-electron chi connectivity index (χ2n) is 6.77. The fourth-order valence-electron chi connectivity index (χ4n) is 3.12. The van der Waals surface area contributed by atoms with Gasteiger partial charge in [-0.15, -0.1) is 10.2 Å². The maximum atomic E-state index is 12.5. The number of rotatable bonds is 6. The Hall–Kier alpha value is -3.74. The number of amides is 1. The molecule has 0 aliphatic heterocycles. The van der Waals surface area contributed by atoms with Gasteiger partial charge >= 0.3 is 0 Å². The number of carbonyl (C=O) groups is 1. The smallest absolute Gasteiger partial charge is 0.255 e. The first-order valence-corrected chi connectivity index (χ1v) is 9.33. The number of nitrogens with zero attached hydrogens (tertiary/aromatic N) is 4. The van der Waals surface area contributed by atoms with E-state index in [0.717, 1.165) is 17.0 Å². The van der Waals surface area contributed by atoms with Gasteiger partial charge in [-0.3, -0.25) is 9.20 Å². The second-order valence-corrected chi connectivity index (χ2v) is 6.77. The average molecular weight is 387 g/mol. The lowest BCUT2D eigenvalue weighted by Crippen LogP contribution is -2.24. The Bertz CT molecular complexity index is 1140. The molecule has 2 aromatic heterocycles. The molecule has 2 aromatic carbocycles. The zero-order chi connectivity index (χ0) is 20.2. The summed E-state index contributed by atoms with van der Waals surface area (Å²) in [5, 5.41) is 11.1. The molecule has 0 atom stereocenters. The third-order valence-electron chi connectivity index (χ3n) is 4.53. The van der Waals surface area contributed by atoms with Gasteiger partial charge < -0.3 is 10.1 Å². The molecule has 1 amide bonds. The van der Waals surface area contributed by atoms with E-state index in [0.29, 0.717) is 29.5 Å². The molecule has 4 aromatic rings. The molecule has 4 rings (SSSR count). The van der Waals surface area contributed by atoms with Crippen molar-refractivity contribution in [1.29, 1.82) is 0 Å².